The number of fused-ring (bicyclic) bond motifs is 3. The van der Waals surface area contributed by atoms with Crippen molar-refractivity contribution in [3.05, 3.63) is 122 Å². The molecular weight excluding hydrogens is 1070 g/mol. The molecule has 2 saturated heterocycles. The maximum Gasteiger partial charge on any atom is 0.417 e. The van der Waals surface area contributed by atoms with Crippen LogP contribution >= 0.6 is 23.2 Å². The second-order valence-corrected chi connectivity index (χ2v) is 20.7. The first kappa shape index (κ1) is 56.1. The molecule has 0 aliphatic carbocycles. The third-order valence-corrected chi connectivity index (χ3v) is 15.5. The monoisotopic (exact) mass is 1120 g/mol. The number of carbonyl (C=O) groups excluding carboxylic acids is 5. The Hall–Kier alpha value is -7.67. The lowest BCUT2D eigenvalue weighted by atomic mass is 10.0. The summed E-state index contributed by atoms with van der Waals surface area (Å²) in [5.41, 5.74) is 2.58. The molecule has 0 bridgehead atoms. The summed E-state index contributed by atoms with van der Waals surface area (Å²) in [6.07, 6.45) is -1.47. The molecule has 5 heterocycles. The van der Waals surface area contributed by atoms with Crippen LogP contribution in [-0.2, 0) is 46.6 Å². The number of nitrogens with zero attached hydrogens (tertiary/aromatic N) is 8. The minimum Gasteiger partial charge on any atom is -0.487 e. The highest BCUT2D eigenvalue weighted by molar-refractivity contribution is 6.36. The Morgan fingerprint density at radius 1 is 0.975 bits per heavy atom. The van der Waals surface area contributed by atoms with Crippen molar-refractivity contribution in [1.29, 1.82) is 5.26 Å². The van der Waals surface area contributed by atoms with Gasteiger partial charge in [-0.15, -0.1) is 0 Å². The molecule has 5 aromatic rings. The van der Waals surface area contributed by atoms with E-state index in [0.29, 0.717) is 72.5 Å². The van der Waals surface area contributed by atoms with E-state index >= 15 is 0 Å². The van der Waals surface area contributed by atoms with Crippen molar-refractivity contribution in [2.75, 3.05) is 75.1 Å². The predicted octanol–water partition coefficient (Wildman–Crippen LogP) is 7.93. The number of nitriles is 1. The van der Waals surface area contributed by atoms with Crippen LogP contribution in [-0.4, -0.2) is 133 Å². The van der Waals surface area contributed by atoms with Crippen LogP contribution in [0.4, 0.5) is 35.2 Å². The maximum absolute atomic E-state index is 14.3. The van der Waals surface area contributed by atoms with E-state index < -0.39 is 59.0 Å². The van der Waals surface area contributed by atoms with Crippen LogP contribution in [0, 0.1) is 11.3 Å². The first-order valence-corrected chi connectivity index (χ1v) is 26.6. The molecule has 3 N–H and O–H groups in total. The van der Waals surface area contributed by atoms with Crippen molar-refractivity contribution in [3.63, 3.8) is 0 Å². The number of rotatable bonds is 18. The summed E-state index contributed by atoms with van der Waals surface area (Å²) >= 11 is 12.9. The Labute approximate surface area is 464 Å². The van der Waals surface area contributed by atoms with Gasteiger partial charge < -0.3 is 54.7 Å². The van der Waals surface area contributed by atoms with Gasteiger partial charge in [0.1, 0.15) is 37.1 Å². The minimum absolute atomic E-state index is 0.0609. The van der Waals surface area contributed by atoms with Crippen molar-refractivity contribution < 1.29 is 46.6 Å². The molecule has 79 heavy (non-hydrogen) atoms. The van der Waals surface area contributed by atoms with Crippen molar-refractivity contribution in [2.45, 2.75) is 82.5 Å². The number of hydrogen-bond acceptors (Lipinski definition) is 13. The average Bonchev–Trinajstić information content (AvgIpc) is 4.01. The second-order valence-electron chi connectivity index (χ2n) is 19.9. The smallest absolute Gasteiger partial charge is 0.417 e. The first-order valence-electron chi connectivity index (χ1n) is 25.9. The summed E-state index contributed by atoms with van der Waals surface area (Å²) in [7, 11) is 3.51. The topological polar surface area (TPSA) is 206 Å². The maximum atomic E-state index is 14.3. The van der Waals surface area contributed by atoms with Crippen LogP contribution in [0.15, 0.2) is 78.9 Å². The number of likely N-dealkylation sites (tertiary alicyclic amines) is 1. The minimum atomic E-state index is -4.92. The van der Waals surface area contributed by atoms with Gasteiger partial charge in [0, 0.05) is 86.6 Å². The number of amides is 5. The number of alkyl halides is 3. The molecule has 5 amide bonds. The number of ether oxygens (including phenoxy) is 2. The number of nitrogens with one attached hydrogen (secondary N) is 3. The lowest BCUT2D eigenvalue weighted by Crippen LogP contribution is -2.56. The number of aldehydes is 1. The first-order chi connectivity index (χ1) is 38.0. The number of likely N-dealkylation sites (N-methyl/N-ethyl adjacent to an activating group) is 2. The van der Waals surface area contributed by atoms with Gasteiger partial charge in [-0.3, -0.25) is 14.4 Å². The SMILES string of the molecule is C=C(COc1cc(C(F)(F)F)c(Cl)cc1NC(=O)NCc1ccc2c(c1)CN(C(CCC=O)C(=O)NC)C2=O)C(=O)N1CCN(c2nc(OCC3CCCN3C)nc3c2CCN(c2cccc4cccc(Cl)c24)C3)C[C@@H]1CC#N. The van der Waals surface area contributed by atoms with Gasteiger partial charge in [-0.25, -0.2) is 4.79 Å². The van der Waals surface area contributed by atoms with Crippen molar-refractivity contribution >= 4 is 81.2 Å². The summed E-state index contributed by atoms with van der Waals surface area (Å²) in [6, 6.07) is 18.5. The summed E-state index contributed by atoms with van der Waals surface area (Å²) in [5.74, 6) is -1.19. The molecule has 18 nitrogen and oxygen atoms in total. The molecule has 3 atom stereocenters. The van der Waals surface area contributed by atoms with Gasteiger partial charge in [-0.1, -0.05) is 66.2 Å². The van der Waals surface area contributed by atoms with Crippen LogP contribution in [0.25, 0.3) is 10.8 Å². The van der Waals surface area contributed by atoms with Crippen LogP contribution in [0.2, 0.25) is 10.0 Å². The van der Waals surface area contributed by atoms with E-state index in [4.69, 9.17) is 42.6 Å². The summed E-state index contributed by atoms with van der Waals surface area (Å²) < 4.78 is 54.9. The van der Waals surface area contributed by atoms with Gasteiger partial charge >= 0.3 is 18.2 Å². The Morgan fingerprint density at radius 3 is 2.51 bits per heavy atom. The molecule has 4 aliphatic rings. The number of urea groups is 1. The Morgan fingerprint density at radius 2 is 1.77 bits per heavy atom. The van der Waals surface area contributed by atoms with Crippen molar-refractivity contribution in [1.82, 2.24) is 35.3 Å². The zero-order chi connectivity index (χ0) is 56.1. The number of benzene rings is 4. The fourth-order valence-electron chi connectivity index (χ4n) is 10.8. The molecule has 0 saturated carbocycles. The highest BCUT2D eigenvalue weighted by atomic mass is 35.5. The molecular formula is C56H58Cl2F3N11O7. The van der Waals surface area contributed by atoms with Gasteiger partial charge in [0.05, 0.1) is 52.1 Å². The van der Waals surface area contributed by atoms with Crippen molar-refractivity contribution in [2.24, 2.45) is 0 Å². The number of aromatic nitrogens is 2. The fraction of sp³-hybridized carbons (Fsp3) is 0.393. The standard InChI is InChI=1S/C56H58Cl2F3N11O7/c1-33(31-78-48-25-41(56(59,60)61)43(58)26-44(48)65-54(77)64-27-34-14-15-39-36(24-34)28-72(53(39)76)47(13-7-23-73)51(74)63-2)52(75)71-22-21-70(29-37(71)16-18-62)50-40-17-20-69(46-12-5-9-35-8-4-11-42(57)49(35)46)30-45(40)66-55(67-50)79-32-38-10-6-19-68(38)3/h4-5,8-9,11-12,14-15,23-26,37-38,47H,1,6-7,10,13,16-17,19-22,27-32H2,2-3H3,(H,63,74)(H2,64,65,77)/t37-,38?,47?/m0/s1. The largest absolute Gasteiger partial charge is 0.487 e. The van der Waals surface area contributed by atoms with E-state index in [1.165, 1.54) is 16.8 Å². The van der Waals surface area contributed by atoms with Crippen LogP contribution in [0.5, 0.6) is 11.8 Å². The zero-order valence-corrected chi connectivity index (χ0v) is 45.0. The van der Waals surface area contributed by atoms with Gasteiger partial charge in [-0.05, 0) is 86.1 Å². The third-order valence-electron chi connectivity index (χ3n) is 14.9. The molecule has 23 heteroatoms. The molecule has 0 spiro atoms. The van der Waals surface area contributed by atoms with E-state index in [-0.39, 0.29) is 74.7 Å². The number of hydrogen-bond donors (Lipinski definition) is 3. The van der Waals surface area contributed by atoms with Gasteiger partial charge in [0.15, 0.2) is 0 Å². The lowest BCUT2D eigenvalue weighted by Gasteiger charge is -2.42. The molecule has 9 rings (SSSR count). The van der Waals surface area contributed by atoms with E-state index in [1.54, 1.807) is 18.2 Å². The van der Waals surface area contributed by atoms with Crippen LogP contribution < -0.4 is 35.2 Å². The number of piperazine rings is 1. The van der Waals surface area contributed by atoms with Gasteiger partial charge in [-0.2, -0.15) is 28.4 Å². The summed E-state index contributed by atoms with van der Waals surface area (Å²) in [4.78, 5) is 84.0. The average molecular weight is 1130 g/mol. The fourth-order valence-corrected chi connectivity index (χ4v) is 11.3. The Bertz CT molecular complexity index is 3240. The number of carbonyl (C=O) groups is 5. The molecule has 1 aromatic heterocycles. The summed E-state index contributed by atoms with van der Waals surface area (Å²) in [5, 5.41) is 19.6. The van der Waals surface area contributed by atoms with E-state index in [2.05, 4.69) is 45.4 Å². The summed E-state index contributed by atoms with van der Waals surface area (Å²) in [6.45, 7) is 6.44. The molecule has 2 unspecified atom stereocenters. The van der Waals surface area contributed by atoms with Gasteiger partial charge in [0.25, 0.3) is 11.8 Å². The highest BCUT2D eigenvalue weighted by Crippen LogP contribution is 2.42. The number of anilines is 3. The zero-order valence-electron chi connectivity index (χ0n) is 43.5. The second kappa shape index (κ2) is 24.1. The van der Waals surface area contributed by atoms with Crippen LogP contribution in [0.3, 0.4) is 0 Å². The third kappa shape index (κ3) is 12.3. The predicted molar refractivity (Wildman–Crippen MR) is 291 cm³/mol. The normalized spacial score (nSPS) is 17.7. The molecule has 0 radical (unpaired) electrons. The Balaban J connectivity index is 0.880. The molecule has 2 fully saturated rings. The quantitative estimate of drug-likeness (QED) is 0.0564. The molecule has 4 aromatic carbocycles. The van der Waals surface area contributed by atoms with E-state index in [0.717, 1.165) is 53.2 Å². The van der Waals surface area contributed by atoms with Crippen LogP contribution in [0.1, 0.15) is 70.4 Å². The van der Waals surface area contributed by atoms with E-state index in [1.807, 2.05) is 41.3 Å². The van der Waals surface area contributed by atoms with Crippen molar-refractivity contribution in [3.8, 4) is 17.8 Å². The lowest BCUT2D eigenvalue weighted by molar-refractivity contribution is -0.137. The molecule has 4 aliphatic heterocycles. The van der Waals surface area contributed by atoms with E-state index in [9.17, 15) is 42.4 Å². The number of halogens is 5. The Kier molecular flexibility index (Phi) is 17.1. The highest BCUT2D eigenvalue weighted by Gasteiger charge is 2.39. The molecule has 414 valence electrons. The van der Waals surface area contributed by atoms with Gasteiger partial charge in [0.2, 0.25) is 5.91 Å².